The molecule has 2 amide bonds. The summed E-state index contributed by atoms with van der Waals surface area (Å²) in [4.78, 5) is 26.3. The number of benzene rings is 1. The molecule has 2 rings (SSSR count). The summed E-state index contributed by atoms with van der Waals surface area (Å²) in [5, 5.41) is 2.99. The Morgan fingerprint density at radius 2 is 1.92 bits per heavy atom. The zero-order valence-electron chi connectivity index (χ0n) is 16.2. The molecule has 0 aliphatic carbocycles. The fourth-order valence-electron chi connectivity index (χ4n) is 3.10. The Morgan fingerprint density at radius 3 is 2.54 bits per heavy atom. The predicted molar refractivity (Wildman–Crippen MR) is 99.8 cm³/mol. The molecule has 6 heteroatoms. The van der Waals surface area contributed by atoms with Gasteiger partial charge in [-0.25, -0.2) is 9.59 Å². The SMILES string of the molecule is CCC1(NC(=O)OC(C)(C)C)CCCN(C(=O)OCc2ccccc2)C1. The second kappa shape index (κ2) is 8.43. The van der Waals surface area contributed by atoms with Crippen molar-refractivity contribution in [2.24, 2.45) is 0 Å². The van der Waals surface area contributed by atoms with Crippen molar-refractivity contribution in [2.45, 2.75) is 64.7 Å². The molecule has 1 aliphatic heterocycles. The molecule has 144 valence electrons. The smallest absolute Gasteiger partial charge is 0.410 e. The molecule has 0 aromatic heterocycles. The summed E-state index contributed by atoms with van der Waals surface area (Å²) in [6.45, 7) is 8.81. The average molecular weight is 362 g/mol. The highest BCUT2D eigenvalue weighted by Crippen LogP contribution is 2.26. The van der Waals surface area contributed by atoms with Crippen LogP contribution in [0.3, 0.4) is 0 Å². The van der Waals surface area contributed by atoms with Crippen molar-refractivity contribution in [3.05, 3.63) is 35.9 Å². The molecule has 1 heterocycles. The fourth-order valence-corrected chi connectivity index (χ4v) is 3.10. The van der Waals surface area contributed by atoms with Crippen LogP contribution in [0, 0.1) is 0 Å². The molecule has 1 aliphatic rings. The van der Waals surface area contributed by atoms with Gasteiger partial charge in [-0.05, 0) is 45.6 Å². The number of hydrogen-bond donors (Lipinski definition) is 1. The third kappa shape index (κ3) is 5.93. The highest BCUT2D eigenvalue weighted by molar-refractivity contribution is 5.70. The zero-order valence-corrected chi connectivity index (χ0v) is 16.2. The molecule has 1 saturated heterocycles. The molecular formula is C20H30N2O4. The molecule has 0 saturated carbocycles. The van der Waals surface area contributed by atoms with Gasteiger partial charge in [0.25, 0.3) is 0 Å². The Kier molecular flexibility index (Phi) is 6.51. The second-order valence-corrected chi connectivity index (χ2v) is 7.83. The normalized spacial score (nSPS) is 20.4. The van der Waals surface area contributed by atoms with Crippen LogP contribution >= 0.6 is 0 Å². The molecule has 1 atom stereocenters. The van der Waals surface area contributed by atoms with E-state index in [2.05, 4.69) is 5.32 Å². The van der Waals surface area contributed by atoms with E-state index in [1.54, 1.807) is 4.90 Å². The fraction of sp³-hybridized carbons (Fsp3) is 0.600. The highest BCUT2D eigenvalue weighted by Gasteiger charge is 2.38. The molecule has 1 aromatic carbocycles. The Morgan fingerprint density at radius 1 is 1.23 bits per heavy atom. The minimum atomic E-state index is -0.554. The molecule has 1 fully saturated rings. The first-order valence-corrected chi connectivity index (χ1v) is 9.20. The van der Waals surface area contributed by atoms with E-state index >= 15 is 0 Å². The first-order valence-electron chi connectivity index (χ1n) is 9.20. The molecule has 1 unspecified atom stereocenters. The number of hydrogen-bond acceptors (Lipinski definition) is 4. The molecule has 0 bridgehead atoms. The number of nitrogens with zero attached hydrogens (tertiary/aromatic N) is 1. The van der Waals surface area contributed by atoms with Crippen molar-refractivity contribution in [3.63, 3.8) is 0 Å². The maximum absolute atomic E-state index is 12.4. The average Bonchev–Trinajstić information content (AvgIpc) is 2.59. The van der Waals surface area contributed by atoms with Crippen molar-refractivity contribution in [1.29, 1.82) is 0 Å². The van der Waals surface area contributed by atoms with Crippen LogP contribution in [0.15, 0.2) is 30.3 Å². The summed E-state index contributed by atoms with van der Waals surface area (Å²) in [5.74, 6) is 0. The van der Waals surface area contributed by atoms with E-state index in [0.29, 0.717) is 19.5 Å². The van der Waals surface area contributed by atoms with E-state index in [1.165, 1.54) is 0 Å². The van der Waals surface area contributed by atoms with Gasteiger partial charge in [-0.3, -0.25) is 0 Å². The van der Waals surface area contributed by atoms with E-state index in [4.69, 9.17) is 9.47 Å². The van der Waals surface area contributed by atoms with Crippen LogP contribution in [-0.2, 0) is 16.1 Å². The van der Waals surface area contributed by atoms with Crippen LogP contribution in [0.25, 0.3) is 0 Å². The number of ether oxygens (including phenoxy) is 2. The summed E-state index contributed by atoms with van der Waals surface area (Å²) in [7, 11) is 0. The first kappa shape index (κ1) is 20.1. The molecule has 1 N–H and O–H groups in total. The number of rotatable bonds is 4. The summed E-state index contributed by atoms with van der Waals surface area (Å²) in [6.07, 6.45) is 1.54. The summed E-state index contributed by atoms with van der Waals surface area (Å²) in [5.41, 5.74) is -0.0829. The van der Waals surface area contributed by atoms with Crippen molar-refractivity contribution >= 4 is 12.2 Å². The summed E-state index contributed by atoms with van der Waals surface area (Å²) in [6, 6.07) is 9.59. The van der Waals surface area contributed by atoms with Gasteiger partial charge < -0.3 is 19.7 Å². The Labute approximate surface area is 155 Å². The lowest BCUT2D eigenvalue weighted by Gasteiger charge is -2.42. The Bertz CT molecular complexity index is 612. The minimum absolute atomic E-state index is 0.245. The molecule has 26 heavy (non-hydrogen) atoms. The quantitative estimate of drug-likeness (QED) is 0.876. The second-order valence-electron chi connectivity index (χ2n) is 7.83. The topological polar surface area (TPSA) is 67.9 Å². The number of amides is 2. The van der Waals surface area contributed by atoms with Gasteiger partial charge in [0.2, 0.25) is 0 Å². The maximum Gasteiger partial charge on any atom is 0.410 e. The van der Waals surface area contributed by atoms with E-state index < -0.39 is 17.2 Å². The molecule has 1 aromatic rings. The van der Waals surface area contributed by atoms with Crippen LogP contribution in [0.5, 0.6) is 0 Å². The Balaban J connectivity index is 1.94. The van der Waals surface area contributed by atoms with E-state index in [0.717, 1.165) is 18.4 Å². The van der Waals surface area contributed by atoms with E-state index in [9.17, 15) is 9.59 Å². The van der Waals surface area contributed by atoms with Crippen molar-refractivity contribution < 1.29 is 19.1 Å². The number of piperidine rings is 1. The lowest BCUT2D eigenvalue weighted by molar-refractivity contribution is 0.0315. The lowest BCUT2D eigenvalue weighted by atomic mass is 9.86. The van der Waals surface area contributed by atoms with Gasteiger partial charge in [-0.1, -0.05) is 37.3 Å². The first-order chi connectivity index (χ1) is 12.2. The number of alkyl carbamates (subject to hydrolysis) is 1. The molecular weight excluding hydrogens is 332 g/mol. The number of likely N-dealkylation sites (tertiary alicyclic amines) is 1. The van der Waals surface area contributed by atoms with E-state index in [-0.39, 0.29) is 12.7 Å². The van der Waals surface area contributed by atoms with Crippen molar-refractivity contribution in [1.82, 2.24) is 10.2 Å². The third-order valence-corrected chi connectivity index (χ3v) is 4.48. The van der Waals surface area contributed by atoms with E-state index in [1.807, 2.05) is 58.0 Å². The highest BCUT2D eigenvalue weighted by atomic mass is 16.6. The van der Waals surface area contributed by atoms with Crippen LogP contribution < -0.4 is 5.32 Å². The van der Waals surface area contributed by atoms with Gasteiger partial charge in [0.05, 0.1) is 5.54 Å². The zero-order chi connectivity index (χ0) is 19.2. The maximum atomic E-state index is 12.4. The molecule has 0 radical (unpaired) electrons. The van der Waals surface area contributed by atoms with Crippen LogP contribution in [0.2, 0.25) is 0 Å². The molecule has 0 spiro atoms. The molecule has 6 nitrogen and oxygen atoms in total. The van der Waals surface area contributed by atoms with Gasteiger partial charge in [0.15, 0.2) is 0 Å². The number of nitrogens with one attached hydrogen (secondary N) is 1. The van der Waals surface area contributed by atoms with Gasteiger partial charge in [-0.2, -0.15) is 0 Å². The summed E-state index contributed by atoms with van der Waals surface area (Å²) < 4.78 is 10.8. The van der Waals surface area contributed by atoms with Gasteiger partial charge in [0.1, 0.15) is 12.2 Å². The van der Waals surface area contributed by atoms with Crippen LogP contribution in [-0.4, -0.2) is 41.3 Å². The summed E-state index contributed by atoms with van der Waals surface area (Å²) >= 11 is 0. The lowest BCUT2D eigenvalue weighted by Crippen LogP contribution is -2.60. The van der Waals surface area contributed by atoms with Crippen molar-refractivity contribution in [2.75, 3.05) is 13.1 Å². The van der Waals surface area contributed by atoms with Crippen LogP contribution in [0.1, 0.15) is 52.5 Å². The van der Waals surface area contributed by atoms with Crippen molar-refractivity contribution in [3.8, 4) is 0 Å². The number of carbonyl (C=O) groups is 2. The largest absolute Gasteiger partial charge is 0.445 e. The monoisotopic (exact) mass is 362 g/mol. The standard InChI is InChI=1S/C20H30N2O4/c1-5-20(21-17(23)26-19(2,3)4)12-9-13-22(15-20)18(24)25-14-16-10-7-6-8-11-16/h6-8,10-11H,5,9,12-15H2,1-4H3,(H,21,23). The predicted octanol–water partition coefficient (Wildman–Crippen LogP) is 4.09. The number of carbonyl (C=O) groups excluding carboxylic acids is 2. The minimum Gasteiger partial charge on any atom is -0.445 e. The van der Waals surface area contributed by atoms with Gasteiger partial charge in [-0.15, -0.1) is 0 Å². The van der Waals surface area contributed by atoms with Gasteiger partial charge >= 0.3 is 12.2 Å². The van der Waals surface area contributed by atoms with Gasteiger partial charge in [0, 0.05) is 13.1 Å². The van der Waals surface area contributed by atoms with Crippen LogP contribution in [0.4, 0.5) is 9.59 Å². The third-order valence-electron chi connectivity index (χ3n) is 4.48. The Hall–Kier alpha value is -2.24.